The average molecular weight is 454 g/mol. The third-order valence-electron chi connectivity index (χ3n) is 5.64. The van der Waals surface area contributed by atoms with Crippen molar-refractivity contribution in [1.82, 2.24) is 10.3 Å². The first-order valence-corrected chi connectivity index (χ1v) is 10.7. The molecule has 32 heavy (non-hydrogen) atoms. The molecule has 2 atom stereocenters. The summed E-state index contributed by atoms with van der Waals surface area (Å²) in [5.41, 5.74) is 10.4. The van der Waals surface area contributed by atoms with Crippen LogP contribution in [-0.4, -0.2) is 40.5 Å². The van der Waals surface area contributed by atoms with Crippen LogP contribution in [0.5, 0.6) is 0 Å². The largest absolute Gasteiger partial charge is 0.449 e. The second kappa shape index (κ2) is 9.56. The molecule has 2 unspecified atom stereocenters. The number of carbonyl (C=O) groups is 1. The summed E-state index contributed by atoms with van der Waals surface area (Å²) in [5, 5.41) is 23.4. The zero-order valence-electron chi connectivity index (χ0n) is 17.2. The molecule has 0 aliphatic heterocycles. The van der Waals surface area contributed by atoms with Crippen LogP contribution < -0.4 is 11.1 Å². The number of alkyl carbamates (subject to hydrolysis) is 1. The van der Waals surface area contributed by atoms with Crippen molar-refractivity contribution < 1.29 is 19.7 Å². The number of pyridine rings is 1. The minimum atomic E-state index is -1.25. The lowest BCUT2D eigenvalue weighted by atomic mass is 9.98. The Labute approximate surface area is 190 Å². The number of ether oxygens (including phenoxy) is 1. The Bertz CT molecular complexity index is 1080. The Balaban J connectivity index is 1.29. The van der Waals surface area contributed by atoms with Crippen LogP contribution in [0.2, 0.25) is 5.02 Å². The van der Waals surface area contributed by atoms with Gasteiger partial charge in [-0.05, 0) is 34.7 Å². The minimum absolute atomic E-state index is 0.0271. The highest BCUT2D eigenvalue weighted by Gasteiger charge is 2.29. The highest BCUT2D eigenvalue weighted by atomic mass is 35.5. The van der Waals surface area contributed by atoms with Crippen LogP contribution in [0.1, 0.15) is 35.1 Å². The number of nitrogens with two attached hydrogens (primary N) is 1. The molecule has 0 saturated heterocycles. The fourth-order valence-electron chi connectivity index (χ4n) is 4.01. The summed E-state index contributed by atoms with van der Waals surface area (Å²) >= 11 is 6.05. The lowest BCUT2D eigenvalue weighted by molar-refractivity contribution is 0.0135. The van der Waals surface area contributed by atoms with Crippen molar-refractivity contribution in [3.05, 3.63) is 82.5 Å². The Kier molecular flexibility index (Phi) is 6.60. The van der Waals surface area contributed by atoms with Gasteiger partial charge in [0.05, 0.1) is 11.1 Å². The second-order valence-electron chi connectivity index (χ2n) is 7.68. The van der Waals surface area contributed by atoms with E-state index in [4.69, 9.17) is 22.1 Å². The van der Waals surface area contributed by atoms with Crippen molar-refractivity contribution in [2.75, 3.05) is 18.9 Å². The molecule has 0 fully saturated rings. The molecule has 7 nitrogen and oxygen atoms in total. The molecule has 3 aromatic rings. The lowest BCUT2D eigenvalue weighted by Crippen LogP contribution is -2.30. The molecule has 1 aliphatic carbocycles. The number of halogens is 1. The first-order chi connectivity index (χ1) is 15.5. The van der Waals surface area contributed by atoms with Gasteiger partial charge in [-0.25, -0.2) is 9.78 Å². The van der Waals surface area contributed by atoms with Gasteiger partial charge in [0, 0.05) is 24.2 Å². The van der Waals surface area contributed by atoms with E-state index in [9.17, 15) is 15.0 Å². The molecule has 1 amide bonds. The summed E-state index contributed by atoms with van der Waals surface area (Å²) in [7, 11) is 0. The Morgan fingerprint density at radius 1 is 1.12 bits per heavy atom. The van der Waals surface area contributed by atoms with Crippen molar-refractivity contribution in [3.63, 3.8) is 0 Å². The Hall–Kier alpha value is -3.13. The number of fused-ring (bicyclic) bond motifs is 3. The smallest absolute Gasteiger partial charge is 0.407 e. The van der Waals surface area contributed by atoms with Gasteiger partial charge >= 0.3 is 6.09 Å². The number of nitrogen functional groups attached to an aromatic ring is 1. The minimum Gasteiger partial charge on any atom is -0.449 e. The summed E-state index contributed by atoms with van der Waals surface area (Å²) in [6, 6.07) is 17.6. The van der Waals surface area contributed by atoms with Crippen LogP contribution in [0, 0.1) is 0 Å². The quantitative estimate of drug-likeness (QED) is 0.434. The molecule has 0 bridgehead atoms. The standard InChI is InChI=1S/C24H24ClN3O4/c25-20-11-22(26)28-12-18(20)23(30)21(29)9-10-27-24(31)32-13-19-16-7-3-1-5-14(16)15-6-2-4-8-17(15)19/h1-8,11-12,19,21,23,29-30H,9-10,13H2,(H2,26,28)(H,27,31). The van der Waals surface area contributed by atoms with E-state index in [1.54, 1.807) is 0 Å². The highest BCUT2D eigenvalue weighted by molar-refractivity contribution is 6.31. The molecule has 0 radical (unpaired) electrons. The van der Waals surface area contributed by atoms with Gasteiger partial charge in [0.2, 0.25) is 0 Å². The van der Waals surface area contributed by atoms with Gasteiger partial charge in [-0.3, -0.25) is 0 Å². The Morgan fingerprint density at radius 2 is 1.75 bits per heavy atom. The number of hydrogen-bond donors (Lipinski definition) is 4. The lowest BCUT2D eigenvalue weighted by Gasteiger charge is -2.19. The summed E-state index contributed by atoms with van der Waals surface area (Å²) in [4.78, 5) is 16.1. The molecule has 5 N–H and O–H groups in total. The van der Waals surface area contributed by atoms with Gasteiger partial charge in [-0.15, -0.1) is 0 Å². The predicted octanol–water partition coefficient (Wildman–Crippen LogP) is 3.64. The number of hydrogen-bond acceptors (Lipinski definition) is 6. The van der Waals surface area contributed by atoms with Gasteiger partial charge in [-0.2, -0.15) is 0 Å². The van der Waals surface area contributed by atoms with Crippen LogP contribution in [0.3, 0.4) is 0 Å². The molecule has 4 rings (SSSR count). The van der Waals surface area contributed by atoms with E-state index in [2.05, 4.69) is 34.6 Å². The van der Waals surface area contributed by atoms with E-state index < -0.39 is 18.3 Å². The van der Waals surface area contributed by atoms with Gasteiger partial charge in [-0.1, -0.05) is 60.1 Å². The van der Waals surface area contributed by atoms with E-state index in [0.717, 1.165) is 22.3 Å². The normalized spacial score (nSPS) is 14.3. The SMILES string of the molecule is Nc1cc(Cl)c(C(O)C(O)CCNC(=O)OCC2c3ccccc3-c3ccccc32)cn1. The van der Waals surface area contributed by atoms with Gasteiger partial charge in [0.15, 0.2) is 0 Å². The van der Waals surface area contributed by atoms with Crippen molar-refractivity contribution in [1.29, 1.82) is 0 Å². The summed E-state index contributed by atoms with van der Waals surface area (Å²) in [6.45, 7) is 0.326. The van der Waals surface area contributed by atoms with Crippen molar-refractivity contribution in [2.24, 2.45) is 0 Å². The number of aromatic nitrogens is 1. The first-order valence-electron chi connectivity index (χ1n) is 10.3. The summed E-state index contributed by atoms with van der Waals surface area (Å²) in [6.07, 6.45) is -1.55. The number of amides is 1. The third kappa shape index (κ3) is 4.55. The summed E-state index contributed by atoms with van der Waals surface area (Å²) in [5.74, 6) is 0.193. The molecule has 1 aliphatic rings. The number of aliphatic hydroxyl groups excluding tert-OH is 2. The van der Waals surface area contributed by atoms with E-state index in [1.165, 1.54) is 12.3 Å². The number of carbonyl (C=O) groups excluding carboxylic acids is 1. The monoisotopic (exact) mass is 453 g/mol. The number of anilines is 1. The molecular weight excluding hydrogens is 430 g/mol. The summed E-state index contributed by atoms with van der Waals surface area (Å²) < 4.78 is 5.46. The molecule has 1 heterocycles. The zero-order valence-corrected chi connectivity index (χ0v) is 18.0. The van der Waals surface area contributed by atoms with Gasteiger partial charge in [0.25, 0.3) is 0 Å². The third-order valence-corrected chi connectivity index (χ3v) is 5.97. The van der Waals surface area contributed by atoms with Gasteiger partial charge in [0.1, 0.15) is 18.5 Å². The van der Waals surface area contributed by atoms with E-state index in [1.807, 2.05) is 24.3 Å². The fourth-order valence-corrected chi connectivity index (χ4v) is 4.28. The van der Waals surface area contributed by atoms with Crippen molar-refractivity contribution >= 4 is 23.5 Å². The first kappa shape index (κ1) is 22.1. The van der Waals surface area contributed by atoms with E-state index in [0.29, 0.717) is 0 Å². The number of benzene rings is 2. The highest BCUT2D eigenvalue weighted by Crippen LogP contribution is 2.44. The van der Waals surface area contributed by atoms with Crippen LogP contribution in [0.25, 0.3) is 11.1 Å². The molecule has 0 spiro atoms. The predicted molar refractivity (Wildman–Crippen MR) is 122 cm³/mol. The van der Waals surface area contributed by atoms with Crippen LogP contribution in [0.15, 0.2) is 60.8 Å². The second-order valence-corrected chi connectivity index (χ2v) is 8.09. The molecule has 0 saturated carbocycles. The van der Waals surface area contributed by atoms with E-state index in [-0.39, 0.29) is 41.9 Å². The maximum absolute atomic E-state index is 12.2. The number of rotatable bonds is 7. The number of nitrogens with zero attached hydrogens (tertiary/aromatic N) is 1. The maximum Gasteiger partial charge on any atom is 0.407 e. The van der Waals surface area contributed by atoms with Crippen LogP contribution >= 0.6 is 11.6 Å². The van der Waals surface area contributed by atoms with E-state index >= 15 is 0 Å². The Morgan fingerprint density at radius 3 is 2.38 bits per heavy atom. The number of nitrogens with one attached hydrogen (secondary N) is 1. The fraction of sp³-hybridized carbons (Fsp3) is 0.250. The van der Waals surface area contributed by atoms with Crippen LogP contribution in [-0.2, 0) is 4.74 Å². The van der Waals surface area contributed by atoms with Crippen molar-refractivity contribution in [3.8, 4) is 11.1 Å². The molecule has 2 aromatic carbocycles. The maximum atomic E-state index is 12.2. The average Bonchev–Trinajstić information content (AvgIpc) is 3.11. The molecule has 166 valence electrons. The zero-order chi connectivity index (χ0) is 22.7. The topological polar surface area (TPSA) is 118 Å². The van der Waals surface area contributed by atoms with Crippen molar-refractivity contribution in [2.45, 2.75) is 24.5 Å². The van der Waals surface area contributed by atoms with Crippen LogP contribution in [0.4, 0.5) is 10.6 Å². The van der Waals surface area contributed by atoms with Gasteiger partial charge < -0.3 is 26.0 Å². The number of aliphatic hydroxyl groups is 2. The molecule has 8 heteroatoms. The molecular formula is C24H24ClN3O4. The molecule has 1 aromatic heterocycles.